The van der Waals surface area contributed by atoms with Gasteiger partial charge in [-0.3, -0.25) is 14.5 Å². The first-order valence-electron chi connectivity index (χ1n) is 8.70. The Bertz CT molecular complexity index is 1000. The first kappa shape index (κ1) is 21.1. The molecule has 2 aromatic carbocycles. The van der Waals surface area contributed by atoms with Crippen molar-refractivity contribution in [2.75, 3.05) is 13.6 Å². The number of hydrogen-bond donors (Lipinski definition) is 1. The average Bonchev–Trinajstić information content (AvgIpc) is 2.89. The maximum absolute atomic E-state index is 13.8. The summed E-state index contributed by atoms with van der Waals surface area (Å²) in [4.78, 5) is 40.0. The van der Waals surface area contributed by atoms with Gasteiger partial charge in [0.2, 0.25) is 5.91 Å². The van der Waals surface area contributed by atoms with Crippen LogP contribution in [0.1, 0.15) is 18.1 Å². The van der Waals surface area contributed by atoms with E-state index in [9.17, 15) is 18.8 Å². The quantitative estimate of drug-likeness (QED) is 0.726. The summed E-state index contributed by atoms with van der Waals surface area (Å²) < 4.78 is 13.8. The van der Waals surface area contributed by atoms with Gasteiger partial charge in [-0.1, -0.05) is 47.5 Å². The Morgan fingerprint density at radius 3 is 2.52 bits per heavy atom. The lowest BCUT2D eigenvalue weighted by atomic mass is 9.92. The van der Waals surface area contributed by atoms with Gasteiger partial charge in [0.05, 0.1) is 10.0 Å². The second-order valence-corrected chi connectivity index (χ2v) is 7.73. The Hall–Kier alpha value is -2.64. The number of halogens is 3. The lowest BCUT2D eigenvalue weighted by Gasteiger charge is -2.23. The maximum Gasteiger partial charge on any atom is 0.325 e. The monoisotopic (exact) mass is 437 g/mol. The van der Waals surface area contributed by atoms with Crippen molar-refractivity contribution >= 4 is 41.0 Å². The summed E-state index contributed by atoms with van der Waals surface area (Å²) in [6, 6.07) is 9.99. The molecule has 1 aliphatic rings. The Kier molecular flexibility index (Phi) is 5.82. The van der Waals surface area contributed by atoms with Gasteiger partial charge in [0.15, 0.2) is 0 Å². The van der Waals surface area contributed by atoms with E-state index in [0.29, 0.717) is 16.1 Å². The molecule has 1 aliphatic heterocycles. The van der Waals surface area contributed by atoms with Crippen LogP contribution in [0.3, 0.4) is 0 Å². The second kappa shape index (κ2) is 8.00. The smallest absolute Gasteiger partial charge is 0.325 e. The van der Waals surface area contributed by atoms with Crippen LogP contribution in [0.5, 0.6) is 0 Å². The van der Waals surface area contributed by atoms with Crippen molar-refractivity contribution in [3.05, 3.63) is 69.5 Å². The zero-order chi connectivity index (χ0) is 21.3. The fourth-order valence-corrected chi connectivity index (χ4v) is 3.37. The highest BCUT2D eigenvalue weighted by Gasteiger charge is 2.49. The first-order chi connectivity index (χ1) is 13.6. The highest BCUT2D eigenvalue weighted by Crippen LogP contribution is 2.33. The number of imide groups is 1. The van der Waals surface area contributed by atoms with E-state index in [1.807, 2.05) is 0 Å². The molecule has 0 aromatic heterocycles. The highest BCUT2D eigenvalue weighted by atomic mass is 35.5. The van der Waals surface area contributed by atoms with Crippen molar-refractivity contribution in [3.8, 4) is 0 Å². The molecule has 6 nitrogen and oxygen atoms in total. The Morgan fingerprint density at radius 1 is 1.17 bits per heavy atom. The third-order valence-electron chi connectivity index (χ3n) is 4.86. The third kappa shape index (κ3) is 4.06. The van der Waals surface area contributed by atoms with Gasteiger partial charge in [-0.05, 0) is 30.7 Å². The molecule has 1 heterocycles. The van der Waals surface area contributed by atoms with Gasteiger partial charge in [-0.25, -0.2) is 9.18 Å². The van der Waals surface area contributed by atoms with Crippen LogP contribution in [0, 0.1) is 5.82 Å². The van der Waals surface area contributed by atoms with Gasteiger partial charge in [-0.2, -0.15) is 0 Å². The zero-order valence-electron chi connectivity index (χ0n) is 15.7. The summed E-state index contributed by atoms with van der Waals surface area (Å²) in [5, 5.41) is 3.16. The second-order valence-electron chi connectivity index (χ2n) is 6.92. The van der Waals surface area contributed by atoms with Crippen LogP contribution < -0.4 is 5.32 Å². The lowest BCUT2D eigenvalue weighted by Crippen LogP contribution is -2.43. The van der Waals surface area contributed by atoms with Crippen LogP contribution in [0.2, 0.25) is 10.0 Å². The minimum absolute atomic E-state index is 0.0131. The summed E-state index contributed by atoms with van der Waals surface area (Å²) in [5.74, 6) is -1.53. The number of likely N-dealkylation sites (N-methyl/N-ethyl adjacent to an activating group) is 1. The summed E-state index contributed by atoms with van der Waals surface area (Å²) >= 11 is 11.9. The molecule has 4 amide bonds. The number of carbonyl (C=O) groups excluding carboxylic acids is 3. The number of nitrogens with zero attached hydrogens (tertiary/aromatic N) is 2. The number of benzene rings is 2. The van der Waals surface area contributed by atoms with E-state index < -0.39 is 35.7 Å². The van der Waals surface area contributed by atoms with E-state index in [4.69, 9.17) is 23.2 Å². The van der Waals surface area contributed by atoms with E-state index in [1.165, 1.54) is 37.1 Å². The van der Waals surface area contributed by atoms with Gasteiger partial charge in [-0.15, -0.1) is 0 Å². The molecule has 29 heavy (non-hydrogen) atoms. The van der Waals surface area contributed by atoms with E-state index in [-0.39, 0.29) is 11.6 Å². The molecule has 0 spiro atoms. The molecule has 1 saturated heterocycles. The molecular weight excluding hydrogens is 420 g/mol. The van der Waals surface area contributed by atoms with Crippen molar-refractivity contribution in [1.29, 1.82) is 0 Å². The number of nitrogens with one attached hydrogen (secondary N) is 1. The topological polar surface area (TPSA) is 69.7 Å². The summed E-state index contributed by atoms with van der Waals surface area (Å²) in [6.07, 6.45) is 0. The number of amides is 4. The van der Waals surface area contributed by atoms with E-state index >= 15 is 0 Å². The van der Waals surface area contributed by atoms with Crippen LogP contribution in [0.15, 0.2) is 42.5 Å². The molecule has 0 saturated carbocycles. The Balaban J connectivity index is 1.75. The number of hydrogen-bond acceptors (Lipinski definition) is 3. The minimum atomic E-state index is -1.38. The largest absolute Gasteiger partial charge is 0.340 e. The van der Waals surface area contributed by atoms with Gasteiger partial charge in [0.1, 0.15) is 17.9 Å². The van der Waals surface area contributed by atoms with Gasteiger partial charge < -0.3 is 10.2 Å². The van der Waals surface area contributed by atoms with Crippen molar-refractivity contribution in [1.82, 2.24) is 15.1 Å². The maximum atomic E-state index is 13.8. The molecular formula is C20H18Cl2FN3O3. The SMILES string of the molecule is CN(Cc1ccccc1F)C(=O)CN1C(=O)NC(C)(c2ccc(Cl)c(Cl)c2)C1=O. The molecule has 1 unspecified atom stereocenters. The van der Waals surface area contributed by atoms with Crippen molar-refractivity contribution in [2.45, 2.75) is 19.0 Å². The molecule has 152 valence electrons. The van der Waals surface area contributed by atoms with Crippen LogP contribution in [-0.2, 0) is 21.7 Å². The lowest BCUT2D eigenvalue weighted by molar-refractivity contribution is -0.138. The number of urea groups is 1. The molecule has 0 bridgehead atoms. The van der Waals surface area contributed by atoms with Gasteiger partial charge in [0.25, 0.3) is 5.91 Å². The molecule has 0 aliphatic carbocycles. The van der Waals surface area contributed by atoms with Crippen LogP contribution in [0.25, 0.3) is 0 Å². The fraction of sp³-hybridized carbons (Fsp3) is 0.250. The van der Waals surface area contributed by atoms with Crippen LogP contribution in [-0.4, -0.2) is 41.2 Å². The molecule has 2 aromatic rings. The Labute approximate surface area is 177 Å². The number of rotatable bonds is 5. The predicted molar refractivity (Wildman–Crippen MR) is 107 cm³/mol. The van der Waals surface area contributed by atoms with E-state index in [1.54, 1.807) is 24.3 Å². The summed E-state index contributed by atoms with van der Waals surface area (Å²) in [7, 11) is 1.48. The molecule has 3 rings (SSSR count). The predicted octanol–water partition coefficient (Wildman–Crippen LogP) is 3.56. The van der Waals surface area contributed by atoms with Crippen molar-refractivity contribution in [3.63, 3.8) is 0 Å². The summed E-state index contributed by atoms with van der Waals surface area (Å²) in [6.45, 7) is 1.08. The first-order valence-corrected chi connectivity index (χ1v) is 9.46. The van der Waals surface area contributed by atoms with Crippen molar-refractivity contribution < 1.29 is 18.8 Å². The van der Waals surface area contributed by atoms with E-state index in [2.05, 4.69) is 5.32 Å². The van der Waals surface area contributed by atoms with Gasteiger partial charge in [0, 0.05) is 19.2 Å². The normalized spacial score (nSPS) is 18.7. The minimum Gasteiger partial charge on any atom is -0.340 e. The fourth-order valence-electron chi connectivity index (χ4n) is 3.07. The van der Waals surface area contributed by atoms with E-state index in [0.717, 1.165) is 4.90 Å². The average molecular weight is 438 g/mol. The highest BCUT2D eigenvalue weighted by molar-refractivity contribution is 6.42. The van der Waals surface area contributed by atoms with Crippen LogP contribution in [0.4, 0.5) is 9.18 Å². The molecule has 1 N–H and O–H groups in total. The van der Waals surface area contributed by atoms with Crippen LogP contribution >= 0.6 is 23.2 Å². The third-order valence-corrected chi connectivity index (χ3v) is 5.60. The Morgan fingerprint density at radius 2 is 1.86 bits per heavy atom. The van der Waals surface area contributed by atoms with Gasteiger partial charge >= 0.3 is 6.03 Å². The standard InChI is InChI=1S/C20H18Cl2FN3O3/c1-20(13-7-8-14(21)15(22)9-13)18(28)26(19(29)24-20)11-17(27)25(2)10-12-5-3-4-6-16(12)23/h3-9H,10-11H2,1-2H3,(H,24,29). The molecule has 1 atom stereocenters. The molecule has 9 heteroatoms. The summed E-state index contributed by atoms with van der Waals surface area (Å²) in [5.41, 5.74) is -0.600. The van der Waals surface area contributed by atoms with Crippen molar-refractivity contribution in [2.24, 2.45) is 0 Å². The molecule has 1 fully saturated rings. The number of carbonyl (C=O) groups is 3. The zero-order valence-corrected chi connectivity index (χ0v) is 17.2. The molecule has 0 radical (unpaired) electrons.